The smallest absolute Gasteiger partial charge is 0.222 e. The van der Waals surface area contributed by atoms with Gasteiger partial charge in [-0.05, 0) is 19.9 Å². The maximum absolute atomic E-state index is 11.1. The highest BCUT2D eigenvalue weighted by atomic mass is 16.5. The number of nitrogens with two attached hydrogens (primary N) is 1. The Hall–Kier alpha value is -0.610. The highest BCUT2D eigenvalue weighted by molar-refractivity contribution is 5.76. The zero-order valence-corrected chi connectivity index (χ0v) is 7.80. The predicted octanol–water partition coefficient (Wildman–Crippen LogP) is -0.124. The monoisotopic (exact) mass is 174 g/mol. The summed E-state index contributed by atoms with van der Waals surface area (Å²) in [6.07, 6.45) is 1.24. The number of carbonyl (C=O) groups is 1. The molecule has 1 atom stereocenters. The van der Waals surface area contributed by atoms with Gasteiger partial charge in [-0.1, -0.05) is 0 Å². The molecule has 72 valence electrons. The number of hydrogen-bond acceptors (Lipinski definition) is 3. The molecule has 0 aromatic heterocycles. The van der Waals surface area contributed by atoms with Gasteiger partial charge in [-0.15, -0.1) is 0 Å². The quantitative estimate of drug-likeness (QED) is 0.590. The van der Waals surface area contributed by atoms with Crippen LogP contribution >= 0.6 is 0 Å². The van der Waals surface area contributed by atoms with Crippen LogP contribution in [0, 0.1) is 0 Å². The first-order valence-corrected chi connectivity index (χ1v) is 4.19. The van der Waals surface area contributed by atoms with Gasteiger partial charge in [-0.2, -0.15) is 0 Å². The van der Waals surface area contributed by atoms with E-state index in [9.17, 15) is 4.79 Å². The maximum atomic E-state index is 11.1. The molecule has 0 rings (SSSR count). The van der Waals surface area contributed by atoms with Crippen molar-refractivity contribution in [1.82, 2.24) is 5.32 Å². The second kappa shape index (κ2) is 7.06. The molecule has 0 spiro atoms. The van der Waals surface area contributed by atoms with E-state index in [0.717, 1.165) is 6.42 Å². The highest BCUT2D eigenvalue weighted by Crippen LogP contribution is 1.89. The van der Waals surface area contributed by atoms with Crippen LogP contribution < -0.4 is 11.1 Å². The maximum Gasteiger partial charge on any atom is 0.222 e. The lowest BCUT2D eigenvalue weighted by Gasteiger charge is -2.11. The van der Waals surface area contributed by atoms with Crippen LogP contribution in [-0.2, 0) is 9.53 Å². The number of methoxy groups -OCH3 is 1. The lowest BCUT2D eigenvalue weighted by molar-refractivity contribution is -0.122. The highest BCUT2D eigenvalue weighted by Gasteiger charge is 2.04. The summed E-state index contributed by atoms with van der Waals surface area (Å²) in [6.45, 7) is 3.02. The van der Waals surface area contributed by atoms with Gasteiger partial charge in [-0.25, -0.2) is 0 Å². The van der Waals surface area contributed by atoms with Crippen molar-refractivity contribution in [3.63, 3.8) is 0 Å². The van der Waals surface area contributed by atoms with Crippen molar-refractivity contribution in [2.75, 3.05) is 20.3 Å². The third-order valence-corrected chi connectivity index (χ3v) is 1.54. The molecule has 0 saturated carbocycles. The van der Waals surface area contributed by atoms with E-state index in [4.69, 9.17) is 10.5 Å². The van der Waals surface area contributed by atoms with Crippen molar-refractivity contribution in [3.05, 3.63) is 0 Å². The van der Waals surface area contributed by atoms with Crippen LogP contribution in [0.25, 0.3) is 0 Å². The minimum atomic E-state index is 0.0257. The molecule has 0 radical (unpaired) electrons. The number of rotatable bonds is 6. The average molecular weight is 174 g/mol. The van der Waals surface area contributed by atoms with E-state index in [1.165, 1.54) is 0 Å². The Morgan fingerprint density at radius 1 is 1.67 bits per heavy atom. The molecule has 12 heavy (non-hydrogen) atoms. The molecule has 0 aromatic carbocycles. The van der Waals surface area contributed by atoms with Gasteiger partial charge in [0.25, 0.3) is 0 Å². The normalized spacial score (nSPS) is 12.6. The molecule has 0 fully saturated rings. The lowest BCUT2D eigenvalue weighted by atomic mass is 10.2. The van der Waals surface area contributed by atoms with E-state index in [1.807, 2.05) is 6.92 Å². The summed E-state index contributed by atoms with van der Waals surface area (Å²) < 4.78 is 4.77. The molecule has 0 bridgehead atoms. The van der Waals surface area contributed by atoms with Gasteiger partial charge in [0.1, 0.15) is 0 Å². The Bertz CT molecular complexity index is 128. The molecule has 0 heterocycles. The van der Waals surface area contributed by atoms with Crippen LogP contribution in [0.15, 0.2) is 0 Å². The Kier molecular flexibility index (Phi) is 6.70. The van der Waals surface area contributed by atoms with E-state index in [2.05, 4.69) is 5.32 Å². The summed E-state index contributed by atoms with van der Waals surface area (Å²) in [5, 5.41) is 2.82. The number of amides is 1. The Morgan fingerprint density at radius 2 is 2.33 bits per heavy atom. The van der Waals surface area contributed by atoms with Gasteiger partial charge < -0.3 is 15.8 Å². The fourth-order valence-electron chi connectivity index (χ4n) is 0.864. The van der Waals surface area contributed by atoms with Crippen LogP contribution in [0.5, 0.6) is 0 Å². The van der Waals surface area contributed by atoms with Crippen molar-refractivity contribution in [1.29, 1.82) is 0 Å². The number of hydrogen-bond donors (Lipinski definition) is 2. The van der Waals surface area contributed by atoms with Crippen LogP contribution in [-0.4, -0.2) is 32.2 Å². The second-order valence-corrected chi connectivity index (χ2v) is 2.79. The summed E-state index contributed by atoms with van der Waals surface area (Å²) in [6, 6.07) is 0.166. The van der Waals surface area contributed by atoms with Gasteiger partial charge in [0, 0.05) is 19.6 Å². The topological polar surface area (TPSA) is 64.3 Å². The molecule has 4 heteroatoms. The lowest BCUT2D eigenvalue weighted by Crippen LogP contribution is -2.34. The fourth-order valence-corrected chi connectivity index (χ4v) is 0.864. The summed E-state index contributed by atoms with van der Waals surface area (Å²) in [5.74, 6) is 0.0257. The first-order chi connectivity index (χ1) is 5.70. The fraction of sp³-hybridized carbons (Fsp3) is 0.875. The van der Waals surface area contributed by atoms with Crippen molar-refractivity contribution >= 4 is 5.91 Å². The zero-order valence-electron chi connectivity index (χ0n) is 7.80. The molecule has 0 aliphatic carbocycles. The molecular weight excluding hydrogens is 156 g/mol. The molecular formula is C8H18N2O2. The third-order valence-electron chi connectivity index (χ3n) is 1.54. The number of nitrogens with one attached hydrogen (secondary N) is 1. The van der Waals surface area contributed by atoms with Gasteiger partial charge in [0.15, 0.2) is 0 Å². The third kappa shape index (κ3) is 6.12. The molecule has 0 aromatic rings. The molecule has 0 aliphatic rings. The van der Waals surface area contributed by atoms with Gasteiger partial charge >= 0.3 is 0 Å². The average Bonchev–Trinajstić information content (AvgIpc) is 2.01. The van der Waals surface area contributed by atoms with Crippen LogP contribution in [0.2, 0.25) is 0 Å². The first-order valence-electron chi connectivity index (χ1n) is 4.19. The van der Waals surface area contributed by atoms with E-state index in [-0.39, 0.29) is 11.9 Å². The van der Waals surface area contributed by atoms with Gasteiger partial charge in [0.2, 0.25) is 5.91 Å². The molecule has 3 N–H and O–H groups in total. The van der Waals surface area contributed by atoms with Crippen LogP contribution in [0.4, 0.5) is 0 Å². The van der Waals surface area contributed by atoms with Crippen molar-refractivity contribution in [2.24, 2.45) is 5.73 Å². The summed E-state index contributed by atoms with van der Waals surface area (Å²) in [5.41, 5.74) is 5.33. The molecule has 1 unspecified atom stereocenters. The minimum absolute atomic E-state index is 0.0257. The van der Waals surface area contributed by atoms with E-state index >= 15 is 0 Å². The molecule has 0 aliphatic heterocycles. The van der Waals surface area contributed by atoms with Crippen molar-refractivity contribution in [2.45, 2.75) is 25.8 Å². The SMILES string of the molecule is COCCC(=O)NC(C)CCN. The molecule has 1 amide bonds. The molecule has 0 saturated heterocycles. The Labute approximate surface area is 73.5 Å². The first kappa shape index (κ1) is 11.4. The van der Waals surface area contributed by atoms with Crippen molar-refractivity contribution in [3.8, 4) is 0 Å². The van der Waals surface area contributed by atoms with Gasteiger partial charge in [-0.3, -0.25) is 4.79 Å². The minimum Gasteiger partial charge on any atom is -0.384 e. The predicted molar refractivity (Wildman–Crippen MR) is 47.8 cm³/mol. The van der Waals surface area contributed by atoms with Crippen molar-refractivity contribution < 1.29 is 9.53 Å². The number of carbonyl (C=O) groups excluding carboxylic acids is 1. The van der Waals surface area contributed by atoms with Crippen LogP contribution in [0.1, 0.15) is 19.8 Å². The van der Waals surface area contributed by atoms with E-state index in [1.54, 1.807) is 7.11 Å². The molecule has 4 nitrogen and oxygen atoms in total. The second-order valence-electron chi connectivity index (χ2n) is 2.79. The standard InChI is InChI=1S/C8H18N2O2/c1-7(3-5-9)10-8(11)4-6-12-2/h7H,3-6,9H2,1-2H3,(H,10,11). The van der Waals surface area contributed by atoms with Crippen LogP contribution in [0.3, 0.4) is 0 Å². The van der Waals surface area contributed by atoms with E-state index < -0.39 is 0 Å². The zero-order chi connectivity index (χ0) is 9.40. The summed E-state index contributed by atoms with van der Waals surface area (Å²) >= 11 is 0. The summed E-state index contributed by atoms with van der Waals surface area (Å²) in [7, 11) is 1.58. The van der Waals surface area contributed by atoms with Gasteiger partial charge in [0.05, 0.1) is 6.61 Å². The number of ether oxygens (including phenoxy) is 1. The summed E-state index contributed by atoms with van der Waals surface area (Å²) in [4.78, 5) is 11.1. The Morgan fingerprint density at radius 3 is 2.83 bits per heavy atom. The van der Waals surface area contributed by atoms with E-state index in [0.29, 0.717) is 19.6 Å². The largest absolute Gasteiger partial charge is 0.384 e. The Balaban J connectivity index is 3.40.